The van der Waals surface area contributed by atoms with Gasteiger partial charge in [-0.15, -0.1) is 0 Å². The first kappa shape index (κ1) is 13.7. The van der Waals surface area contributed by atoms with Crippen LogP contribution in [0, 0.1) is 5.82 Å². The zero-order valence-electron chi connectivity index (χ0n) is 10.4. The fourth-order valence-electron chi connectivity index (χ4n) is 1.84. The third kappa shape index (κ3) is 3.01. The van der Waals surface area contributed by atoms with Gasteiger partial charge in [0.2, 0.25) is 0 Å². The molecule has 0 heterocycles. The smallest absolute Gasteiger partial charge is 0.259 e. The monoisotopic (exact) mass is 321 g/mol. The zero-order chi connectivity index (χ0) is 13.8. The highest BCUT2D eigenvalue weighted by Crippen LogP contribution is 2.22. The Hall–Kier alpha value is -1.68. The first-order chi connectivity index (χ1) is 9.13. The molecule has 2 aromatic rings. The van der Waals surface area contributed by atoms with Crippen LogP contribution in [0.5, 0.6) is 0 Å². The standard InChI is InChI=1S/C15H13BrFNO/c1-2-18(12-9-7-11(17)8-10-12)15(19)13-5-3-4-6-14(13)16/h3-10H,2H2,1H3. The maximum atomic E-state index is 12.9. The second-order valence-electron chi connectivity index (χ2n) is 4.01. The molecule has 0 radical (unpaired) electrons. The van der Waals surface area contributed by atoms with Crippen LogP contribution in [0.15, 0.2) is 53.0 Å². The fraction of sp³-hybridized carbons (Fsp3) is 0.133. The summed E-state index contributed by atoms with van der Waals surface area (Å²) in [4.78, 5) is 14.1. The van der Waals surface area contributed by atoms with Gasteiger partial charge in [0.25, 0.3) is 5.91 Å². The van der Waals surface area contributed by atoms with E-state index >= 15 is 0 Å². The van der Waals surface area contributed by atoms with Crippen LogP contribution in [0.25, 0.3) is 0 Å². The number of benzene rings is 2. The number of anilines is 1. The van der Waals surface area contributed by atoms with Gasteiger partial charge in [0, 0.05) is 16.7 Å². The Morgan fingerprint density at radius 2 is 1.79 bits per heavy atom. The van der Waals surface area contributed by atoms with Crippen molar-refractivity contribution in [3.63, 3.8) is 0 Å². The number of carbonyl (C=O) groups excluding carboxylic acids is 1. The first-order valence-electron chi connectivity index (χ1n) is 5.95. The average Bonchev–Trinajstić information content (AvgIpc) is 2.42. The molecule has 0 aliphatic rings. The van der Waals surface area contributed by atoms with Gasteiger partial charge in [-0.05, 0) is 59.3 Å². The third-order valence-corrected chi connectivity index (χ3v) is 3.50. The van der Waals surface area contributed by atoms with Crippen molar-refractivity contribution in [1.29, 1.82) is 0 Å². The predicted octanol–water partition coefficient (Wildman–Crippen LogP) is 4.25. The molecule has 2 aromatic carbocycles. The van der Waals surface area contributed by atoms with Crippen LogP contribution in [0.2, 0.25) is 0 Å². The van der Waals surface area contributed by atoms with Crippen LogP contribution in [0.4, 0.5) is 10.1 Å². The number of carbonyl (C=O) groups is 1. The molecule has 0 N–H and O–H groups in total. The Morgan fingerprint density at radius 3 is 2.37 bits per heavy atom. The topological polar surface area (TPSA) is 20.3 Å². The number of nitrogens with zero attached hydrogens (tertiary/aromatic N) is 1. The van der Waals surface area contributed by atoms with Crippen LogP contribution >= 0.6 is 15.9 Å². The van der Waals surface area contributed by atoms with Crippen molar-refractivity contribution in [2.75, 3.05) is 11.4 Å². The van der Waals surface area contributed by atoms with E-state index in [1.165, 1.54) is 12.1 Å². The Balaban J connectivity index is 2.35. The van der Waals surface area contributed by atoms with Crippen molar-refractivity contribution in [2.24, 2.45) is 0 Å². The molecule has 0 aliphatic heterocycles. The molecule has 19 heavy (non-hydrogen) atoms. The minimum atomic E-state index is -0.312. The van der Waals surface area contributed by atoms with Gasteiger partial charge >= 0.3 is 0 Å². The summed E-state index contributed by atoms with van der Waals surface area (Å²) >= 11 is 3.37. The second-order valence-corrected chi connectivity index (χ2v) is 4.86. The lowest BCUT2D eigenvalue weighted by atomic mass is 10.2. The molecular weight excluding hydrogens is 309 g/mol. The minimum Gasteiger partial charge on any atom is -0.309 e. The molecule has 4 heteroatoms. The van der Waals surface area contributed by atoms with Gasteiger partial charge in [-0.1, -0.05) is 12.1 Å². The molecule has 2 rings (SSSR count). The fourth-order valence-corrected chi connectivity index (χ4v) is 2.30. The van der Waals surface area contributed by atoms with E-state index in [9.17, 15) is 9.18 Å². The molecule has 0 atom stereocenters. The summed E-state index contributed by atoms with van der Waals surface area (Å²) in [6.45, 7) is 2.41. The lowest BCUT2D eigenvalue weighted by Crippen LogP contribution is -2.30. The number of hydrogen-bond donors (Lipinski definition) is 0. The molecule has 0 aliphatic carbocycles. The van der Waals surface area contributed by atoms with Crippen LogP contribution < -0.4 is 4.90 Å². The molecule has 0 unspecified atom stereocenters. The van der Waals surface area contributed by atoms with Crippen molar-refractivity contribution in [3.05, 3.63) is 64.4 Å². The number of hydrogen-bond acceptors (Lipinski definition) is 1. The predicted molar refractivity (Wildman–Crippen MR) is 77.9 cm³/mol. The quantitative estimate of drug-likeness (QED) is 0.827. The van der Waals surface area contributed by atoms with E-state index in [-0.39, 0.29) is 11.7 Å². The summed E-state index contributed by atoms with van der Waals surface area (Å²) < 4.78 is 13.7. The van der Waals surface area contributed by atoms with Crippen LogP contribution in [-0.2, 0) is 0 Å². The van der Waals surface area contributed by atoms with Gasteiger partial charge in [0.15, 0.2) is 0 Å². The lowest BCUT2D eigenvalue weighted by Gasteiger charge is -2.21. The Morgan fingerprint density at radius 1 is 1.16 bits per heavy atom. The molecule has 0 spiro atoms. The normalized spacial score (nSPS) is 10.3. The van der Waals surface area contributed by atoms with Gasteiger partial charge in [-0.2, -0.15) is 0 Å². The Bertz CT molecular complexity index is 583. The van der Waals surface area contributed by atoms with E-state index < -0.39 is 0 Å². The summed E-state index contributed by atoms with van der Waals surface area (Å²) in [5, 5.41) is 0. The number of amides is 1. The van der Waals surface area contributed by atoms with E-state index in [0.29, 0.717) is 17.8 Å². The van der Waals surface area contributed by atoms with Crippen LogP contribution in [-0.4, -0.2) is 12.5 Å². The maximum absolute atomic E-state index is 12.9. The van der Waals surface area contributed by atoms with Crippen molar-refractivity contribution in [1.82, 2.24) is 0 Å². The largest absolute Gasteiger partial charge is 0.309 e. The van der Waals surface area contributed by atoms with E-state index in [4.69, 9.17) is 0 Å². The lowest BCUT2D eigenvalue weighted by molar-refractivity contribution is 0.0987. The van der Waals surface area contributed by atoms with Crippen LogP contribution in [0.3, 0.4) is 0 Å². The first-order valence-corrected chi connectivity index (χ1v) is 6.74. The Kier molecular flexibility index (Phi) is 4.32. The van der Waals surface area contributed by atoms with Crippen molar-refractivity contribution < 1.29 is 9.18 Å². The van der Waals surface area contributed by atoms with Crippen molar-refractivity contribution >= 4 is 27.5 Å². The Labute approximate surface area is 120 Å². The summed E-state index contributed by atoms with van der Waals surface area (Å²) in [5.41, 5.74) is 1.28. The molecule has 0 saturated carbocycles. The van der Waals surface area contributed by atoms with E-state index in [1.807, 2.05) is 25.1 Å². The minimum absolute atomic E-state index is 0.110. The second kappa shape index (κ2) is 5.97. The van der Waals surface area contributed by atoms with Crippen LogP contribution in [0.1, 0.15) is 17.3 Å². The molecule has 1 amide bonds. The maximum Gasteiger partial charge on any atom is 0.259 e. The van der Waals surface area contributed by atoms with Gasteiger partial charge in [-0.25, -0.2) is 4.39 Å². The third-order valence-electron chi connectivity index (χ3n) is 2.80. The van der Waals surface area contributed by atoms with Gasteiger partial charge in [-0.3, -0.25) is 4.79 Å². The molecule has 0 fully saturated rings. The molecule has 2 nitrogen and oxygen atoms in total. The highest BCUT2D eigenvalue weighted by atomic mass is 79.9. The molecular formula is C15H13BrFNO. The van der Waals surface area contributed by atoms with E-state index in [1.54, 1.807) is 23.1 Å². The van der Waals surface area contributed by atoms with Gasteiger partial charge < -0.3 is 4.90 Å². The van der Waals surface area contributed by atoms with Gasteiger partial charge in [0.1, 0.15) is 5.82 Å². The number of halogens is 2. The molecule has 0 aromatic heterocycles. The summed E-state index contributed by atoms with van der Waals surface area (Å²) in [5.74, 6) is -0.422. The summed E-state index contributed by atoms with van der Waals surface area (Å²) in [6.07, 6.45) is 0. The SMILES string of the molecule is CCN(C(=O)c1ccccc1Br)c1ccc(F)cc1. The average molecular weight is 322 g/mol. The molecule has 0 bridgehead atoms. The summed E-state index contributed by atoms with van der Waals surface area (Å²) in [6, 6.07) is 13.2. The van der Waals surface area contributed by atoms with E-state index in [0.717, 1.165) is 4.47 Å². The van der Waals surface area contributed by atoms with Gasteiger partial charge in [0.05, 0.1) is 5.56 Å². The summed E-state index contributed by atoms with van der Waals surface area (Å²) in [7, 11) is 0. The molecule has 98 valence electrons. The highest BCUT2D eigenvalue weighted by molar-refractivity contribution is 9.10. The van der Waals surface area contributed by atoms with E-state index in [2.05, 4.69) is 15.9 Å². The van der Waals surface area contributed by atoms with Crippen molar-refractivity contribution in [3.8, 4) is 0 Å². The number of rotatable bonds is 3. The molecule has 0 saturated heterocycles. The zero-order valence-corrected chi connectivity index (χ0v) is 12.0. The van der Waals surface area contributed by atoms with Crippen molar-refractivity contribution in [2.45, 2.75) is 6.92 Å². The highest BCUT2D eigenvalue weighted by Gasteiger charge is 2.17.